The standard InChI is InChI=1S/C18H14BrFN2O2/c1-2-24-15-9-12(8-14(19)10-15)7-13(11-21)18(23)22-17-6-4-3-5-16(17)20/h3-10H,2H2,1H3,(H,22,23)/b13-7+. The fourth-order valence-corrected chi connectivity index (χ4v) is 2.48. The molecule has 2 rings (SSSR count). The predicted octanol–water partition coefficient (Wildman–Crippen LogP) is 4.53. The van der Waals surface area contributed by atoms with Crippen LogP contribution in [0.5, 0.6) is 5.75 Å². The zero-order valence-corrected chi connectivity index (χ0v) is 14.4. The van der Waals surface area contributed by atoms with Crippen molar-refractivity contribution in [2.45, 2.75) is 6.92 Å². The number of amides is 1. The van der Waals surface area contributed by atoms with E-state index in [4.69, 9.17) is 4.74 Å². The van der Waals surface area contributed by atoms with Gasteiger partial charge in [0.25, 0.3) is 5.91 Å². The molecular formula is C18H14BrFN2O2. The van der Waals surface area contributed by atoms with Crippen molar-refractivity contribution in [3.63, 3.8) is 0 Å². The van der Waals surface area contributed by atoms with E-state index in [1.165, 1.54) is 24.3 Å². The van der Waals surface area contributed by atoms with Gasteiger partial charge in [-0.25, -0.2) is 4.39 Å². The zero-order valence-electron chi connectivity index (χ0n) is 12.8. The van der Waals surface area contributed by atoms with E-state index in [2.05, 4.69) is 21.2 Å². The van der Waals surface area contributed by atoms with Crippen molar-refractivity contribution in [3.8, 4) is 11.8 Å². The number of para-hydroxylation sites is 1. The van der Waals surface area contributed by atoms with E-state index in [0.717, 1.165) is 4.47 Å². The van der Waals surface area contributed by atoms with Crippen LogP contribution in [0.15, 0.2) is 52.5 Å². The molecule has 0 radical (unpaired) electrons. The molecule has 0 heterocycles. The van der Waals surface area contributed by atoms with Crippen LogP contribution in [0.4, 0.5) is 10.1 Å². The Morgan fingerprint density at radius 3 is 2.79 bits per heavy atom. The van der Waals surface area contributed by atoms with Gasteiger partial charge in [-0.15, -0.1) is 0 Å². The van der Waals surface area contributed by atoms with Crippen molar-refractivity contribution >= 4 is 33.6 Å². The molecule has 24 heavy (non-hydrogen) atoms. The minimum Gasteiger partial charge on any atom is -0.494 e. The molecule has 0 aliphatic rings. The quantitative estimate of drug-likeness (QED) is 0.604. The largest absolute Gasteiger partial charge is 0.494 e. The molecule has 0 aliphatic carbocycles. The van der Waals surface area contributed by atoms with E-state index in [1.807, 2.05) is 13.0 Å². The minimum absolute atomic E-state index is 0.0212. The molecule has 0 saturated carbocycles. The number of carbonyl (C=O) groups excluding carboxylic acids is 1. The van der Waals surface area contributed by atoms with Gasteiger partial charge in [0.1, 0.15) is 23.2 Å². The summed E-state index contributed by atoms with van der Waals surface area (Å²) in [5.74, 6) is -0.630. The van der Waals surface area contributed by atoms with Gasteiger partial charge in [-0.2, -0.15) is 5.26 Å². The summed E-state index contributed by atoms with van der Waals surface area (Å²) in [6, 6.07) is 12.8. The highest BCUT2D eigenvalue weighted by Gasteiger charge is 2.12. The second-order valence-electron chi connectivity index (χ2n) is 4.76. The highest BCUT2D eigenvalue weighted by molar-refractivity contribution is 9.10. The third kappa shape index (κ3) is 4.67. The van der Waals surface area contributed by atoms with Crippen molar-refractivity contribution in [1.82, 2.24) is 0 Å². The van der Waals surface area contributed by atoms with Crippen LogP contribution in [0.1, 0.15) is 12.5 Å². The number of anilines is 1. The average molecular weight is 389 g/mol. The molecule has 0 atom stereocenters. The smallest absolute Gasteiger partial charge is 0.266 e. The fourth-order valence-electron chi connectivity index (χ4n) is 1.99. The summed E-state index contributed by atoms with van der Waals surface area (Å²) in [7, 11) is 0. The number of benzene rings is 2. The first-order valence-electron chi connectivity index (χ1n) is 7.14. The van der Waals surface area contributed by atoms with E-state index >= 15 is 0 Å². The summed E-state index contributed by atoms with van der Waals surface area (Å²) in [6.45, 7) is 2.36. The lowest BCUT2D eigenvalue weighted by Gasteiger charge is -2.07. The Bertz CT molecular complexity index is 828. The molecule has 4 nitrogen and oxygen atoms in total. The van der Waals surface area contributed by atoms with Crippen LogP contribution < -0.4 is 10.1 Å². The number of hydrogen-bond donors (Lipinski definition) is 1. The third-order valence-corrected chi connectivity index (χ3v) is 3.46. The van der Waals surface area contributed by atoms with Crippen LogP contribution in [-0.2, 0) is 4.79 Å². The fraction of sp³-hybridized carbons (Fsp3) is 0.111. The molecule has 2 aromatic carbocycles. The molecule has 0 unspecified atom stereocenters. The average Bonchev–Trinajstić information content (AvgIpc) is 2.54. The Morgan fingerprint density at radius 1 is 1.38 bits per heavy atom. The normalized spacial score (nSPS) is 10.8. The molecule has 0 aliphatic heterocycles. The molecule has 1 amide bonds. The Morgan fingerprint density at radius 2 is 2.12 bits per heavy atom. The van der Waals surface area contributed by atoms with Gasteiger partial charge in [0.05, 0.1) is 12.3 Å². The number of rotatable bonds is 5. The Kier molecular flexibility index (Phi) is 6.10. The van der Waals surface area contributed by atoms with Crippen LogP contribution in [0.25, 0.3) is 6.08 Å². The molecule has 0 spiro atoms. The topological polar surface area (TPSA) is 62.1 Å². The number of ether oxygens (including phenoxy) is 1. The van der Waals surface area contributed by atoms with Crippen LogP contribution in [0.3, 0.4) is 0 Å². The lowest BCUT2D eigenvalue weighted by Crippen LogP contribution is -2.14. The van der Waals surface area contributed by atoms with Crippen LogP contribution in [0.2, 0.25) is 0 Å². The molecule has 0 fully saturated rings. The van der Waals surface area contributed by atoms with Crippen LogP contribution in [-0.4, -0.2) is 12.5 Å². The zero-order chi connectivity index (χ0) is 17.5. The van der Waals surface area contributed by atoms with Gasteiger partial charge in [0, 0.05) is 4.47 Å². The first-order valence-corrected chi connectivity index (χ1v) is 7.94. The van der Waals surface area contributed by atoms with Crippen molar-refractivity contribution in [1.29, 1.82) is 5.26 Å². The second kappa shape index (κ2) is 8.27. The number of hydrogen-bond acceptors (Lipinski definition) is 3. The van der Waals surface area contributed by atoms with Gasteiger partial charge < -0.3 is 10.1 Å². The van der Waals surface area contributed by atoms with Gasteiger partial charge in [0.2, 0.25) is 0 Å². The van der Waals surface area contributed by atoms with Crippen molar-refractivity contribution in [2.75, 3.05) is 11.9 Å². The maximum atomic E-state index is 13.6. The number of carbonyl (C=O) groups is 1. The maximum Gasteiger partial charge on any atom is 0.266 e. The highest BCUT2D eigenvalue weighted by Crippen LogP contribution is 2.23. The lowest BCUT2D eigenvalue weighted by atomic mass is 10.1. The number of nitrogens with zero attached hydrogens (tertiary/aromatic N) is 1. The van der Waals surface area contributed by atoms with Gasteiger partial charge in [-0.3, -0.25) is 4.79 Å². The summed E-state index contributed by atoms with van der Waals surface area (Å²) in [5, 5.41) is 11.6. The van der Waals surface area contributed by atoms with E-state index in [1.54, 1.807) is 24.3 Å². The van der Waals surface area contributed by atoms with Gasteiger partial charge in [-0.05, 0) is 48.9 Å². The first kappa shape index (κ1) is 17.7. The van der Waals surface area contributed by atoms with Gasteiger partial charge >= 0.3 is 0 Å². The van der Waals surface area contributed by atoms with E-state index in [-0.39, 0.29) is 11.3 Å². The molecule has 1 N–H and O–H groups in total. The SMILES string of the molecule is CCOc1cc(Br)cc(/C=C(\C#N)C(=O)Nc2ccccc2F)c1. The van der Waals surface area contributed by atoms with Gasteiger partial charge in [0.15, 0.2) is 0 Å². The number of nitrogens with one attached hydrogen (secondary N) is 1. The molecule has 0 saturated heterocycles. The predicted molar refractivity (Wildman–Crippen MR) is 93.9 cm³/mol. The number of nitriles is 1. The maximum absolute atomic E-state index is 13.6. The summed E-state index contributed by atoms with van der Waals surface area (Å²) in [5.41, 5.74) is 0.500. The highest BCUT2D eigenvalue weighted by atomic mass is 79.9. The lowest BCUT2D eigenvalue weighted by molar-refractivity contribution is -0.112. The Labute approximate surface area is 147 Å². The van der Waals surface area contributed by atoms with E-state index < -0.39 is 11.7 Å². The molecule has 0 aromatic heterocycles. The molecule has 6 heteroatoms. The van der Waals surface area contributed by atoms with Crippen molar-refractivity contribution in [2.24, 2.45) is 0 Å². The van der Waals surface area contributed by atoms with Gasteiger partial charge in [-0.1, -0.05) is 28.1 Å². The van der Waals surface area contributed by atoms with E-state index in [0.29, 0.717) is 17.9 Å². The van der Waals surface area contributed by atoms with Crippen LogP contribution in [0, 0.1) is 17.1 Å². The van der Waals surface area contributed by atoms with Crippen molar-refractivity contribution in [3.05, 3.63) is 63.9 Å². The Hall–Kier alpha value is -2.65. The molecule has 122 valence electrons. The first-order chi connectivity index (χ1) is 11.5. The summed E-state index contributed by atoms with van der Waals surface area (Å²) in [4.78, 5) is 12.2. The molecular weight excluding hydrogens is 375 g/mol. The summed E-state index contributed by atoms with van der Waals surface area (Å²) in [6.07, 6.45) is 1.42. The Balaban J connectivity index is 2.27. The minimum atomic E-state index is -0.680. The monoisotopic (exact) mass is 388 g/mol. The summed E-state index contributed by atoms with van der Waals surface area (Å²) >= 11 is 3.35. The van der Waals surface area contributed by atoms with Crippen molar-refractivity contribution < 1.29 is 13.9 Å². The number of halogens is 2. The third-order valence-electron chi connectivity index (χ3n) is 3.00. The molecule has 2 aromatic rings. The van der Waals surface area contributed by atoms with Crippen LogP contribution >= 0.6 is 15.9 Å². The summed E-state index contributed by atoms with van der Waals surface area (Å²) < 4.78 is 19.8. The molecule has 0 bridgehead atoms. The second-order valence-corrected chi connectivity index (χ2v) is 5.67. The van der Waals surface area contributed by atoms with E-state index in [9.17, 15) is 14.4 Å².